The Balaban J connectivity index is 2.58. The molecular weight excluding hydrogens is 328 g/mol. The van der Waals surface area contributed by atoms with Gasteiger partial charge in [-0.25, -0.2) is 13.2 Å². The molecule has 2 rings (SSSR count). The van der Waals surface area contributed by atoms with Gasteiger partial charge in [-0.15, -0.1) is 0 Å². The fourth-order valence-electron chi connectivity index (χ4n) is 2.95. The predicted octanol–water partition coefficient (Wildman–Crippen LogP) is 3.34. The third kappa shape index (κ3) is 3.64. The standard InChI is InChI=1S/C18H24O5S/c1-6-11-18(4)15(16(17(19)23-18)22-12(2)3)13-7-9-14(10-8-13)24(5,20)21/h7-10,12H,6,11H2,1-5H3. The molecule has 0 radical (unpaired) electrons. The number of hydrogen-bond donors (Lipinski definition) is 0. The Morgan fingerprint density at radius 1 is 1.21 bits per heavy atom. The average Bonchev–Trinajstić information content (AvgIpc) is 2.68. The maximum Gasteiger partial charge on any atom is 0.374 e. The Morgan fingerprint density at radius 2 is 1.79 bits per heavy atom. The van der Waals surface area contributed by atoms with Gasteiger partial charge in [0.05, 0.1) is 16.6 Å². The van der Waals surface area contributed by atoms with E-state index in [4.69, 9.17) is 9.47 Å². The second-order valence-corrected chi connectivity index (χ2v) is 8.55. The molecule has 5 nitrogen and oxygen atoms in total. The van der Waals surface area contributed by atoms with Crippen LogP contribution in [-0.2, 0) is 24.1 Å². The van der Waals surface area contributed by atoms with Crippen molar-refractivity contribution in [3.8, 4) is 0 Å². The first kappa shape index (κ1) is 18.5. The van der Waals surface area contributed by atoms with Crippen molar-refractivity contribution in [3.63, 3.8) is 0 Å². The van der Waals surface area contributed by atoms with Gasteiger partial charge >= 0.3 is 5.97 Å². The number of hydrogen-bond acceptors (Lipinski definition) is 5. The van der Waals surface area contributed by atoms with Gasteiger partial charge < -0.3 is 9.47 Å². The van der Waals surface area contributed by atoms with Gasteiger partial charge in [0.15, 0.2) is 9.84 Å². The molecule has 24 heavy (non-hydrogen) atoms. The molecule has 1 aliphatic heterocycles. The average molecular weight is 352 g/mol. The molecule has 0 saturated heterocycles. The van der Waals surface area contributed by atoms with E-state index in [0.29, 0.717) is 12.0 Å². The minimum atomic E-state index is -3.27. The molecule has 0 saturated carbocycles. The minimum absolute atomic E-state index is 0.165. The first-order chi connectivity index (χ1) is 11.1. The number of rotatable bonds is 6. The van der Waals surface area contributed by atoms with Crippen molar-refractivity contribution in [2.75, 3.05) is 6.26 Å². The number of cyclic esters (lactones) is 1. The Kier molecular flexibility index (Phi) is 5.08. The first-order valence-corrected chi connectivity index (χ1v) is 9.93. The summed E-state index contributed by atoms with van der Waals surface area (Å²) in [5.74, 6) is -0.255. The summed E-state index contributed by atoms with van der Waals surface area (Å²) in [4.78, 5) is 12.5. The second kappa shape index (κ2) is 6.59. The van der Waals surface area contributed by atoms with Crippen molar-refractivity contribution >= 4 is 21.4 Å². The Hall–Kier alpha value is -1.82. The first-order valence-electron chi connectivity index (χ1n) is 8.03. The van der Waals surface area contributed by atoms with Crippen molar-refractivity contribution in [1.29, 1.82) is 0 Å². The van der Waals surface area contributed by atoms with Gasteiger partial charge in [0.2, 0.25) is 5.76 Å². The van der Waals surface area contributed by atoms with Crippen LogP contribution in [-0.4, -0.2) is 32.3 Å². The van der Waals surface area contributed by atoms with Crippen molar-refractivity contribution in [2.45, 2.75) is 57.1 Å². The van der Waals surface area contributed by atoms with Crippen LogP contribution >= 0.6 is 0 Å². The van der Waals surface area contributed by atoms with Gasteiger partial charge in [-0.2, -0.15) is 0 Å². The van der Waals surface area contributed by atoms with Crippen LogP contribution in [0, 0.1) is 0 Å². The quantitative estimate of drug-likeness (QED) is 0.735. The predicted molar refractivity (Wildman–Crippen MR) is 92.1 cm³/mol. The molecule has 132 valence electrons. The third-order valence-electron chi connectivity index (χ3n) is 3.91. The van der Waals surface area contributed by atoms with Crippen molar-refractivity contribution in [2.24, 2.45) is 0 Å². The van der Waals surface area contributed by atoms with E-state index in [2.05, 4.69) is 0 Å². The molecule has 0 N–H and O–H groups in total. The highest BCUT2D eigenvalue weighted by atomic mass is 32.2. The van der Waals surface area contributed by atoms with E-state index >= 15 is 0 Å². The minimum Gasteiger partial charge on any atom is -0.484 e. The lowest BCUT2D eigenvalue weighted by Crippen LogP contribution is -2.27. The lowest BCUT2D eigenvalue weighted by Gasteiger charge is -2.26. The van der Waals surface area contributed by atoms with Crippen LogP contribution < -0.4 is 0 Å². The number of esters is 1. The number of carbonyl (C=O) groups excluding carboxylic acids is 1. The zero-order chi connectivity index (χ0) is 18.1. The summed E-state index contributed by atoms with van der Waals surface area (Å²) < 4.78 is 34.6. The fourth-order valence-corrected chi connectivity index (χ4v) is 3.58. The van der Waals surface area contributed by atoms with Crippen LogP contribution in [0.3, 0.4) is 0 Å². The lowest BCUT2D eigenvalue weighted by atomic mass is 9.86. The number of sulfone groups is 1. The molecule has 1 aromatic rings. The molecule has 1 heterocycles. The number of benzene rings is 1. The molecule has 1 atom stereocenters. The fraction of sp³-hybridized carbons (Fsp3) is 0.500. The zero-order valence-corrected chi connectivity index (χ0v) is 15.6. The maximum atomic E-state index is 12.3. The topological polar surface area (TPSA) is 69.7 Å². The summed E-state index contributed by atoms with van der Waals surface area (Å²) in [6.07, 6.45) is 2.50. The Morgan fingerprint density at radius 3 is 2.25 bits per heavy atom. The molecule has 0 spiro atoms. The van der Waals surface area contributed by atoms with Crippen LogP contribution in [0.25, 0.3) is 5.57 Å². The molecular formula is C18H24O5S. The summed E-state index contributed by atoms with van der Waals surface area (Å²) in [5.41, 5.74) is 0.644. The van der Waals surface area contributed by atoms with E-state index in [-0.39, 0.29) is 16.8 Å². The van der Waals surface area contributed by atoms with Gasteiger partial charge in [-0.05, 0) is 44.9 Å². The van der Waals surface area contributed by atoms with Crippen LogP contribution in [0.2, 0.25) is 0 Å². The van der Waals surface area contributed by atoms with Crippen LogP contribution in [0.15, 0.2) is 34.9 Å². The normalized spacial score (nSPS) is 21.3. The number of carbonyl (C=O) groups is 1. The van der Waals surface area contributed by atoms with E-state index < -0.39 is 21.4 Å². The van der Waals surface area contributed by atoms with Crippen molar-refractivity contribution in [3.05, 3.63) is 35.6 Å². The molecule has 0 amide bonds. The van der Waals surface area contributed by atoms with E-state index in [9.17, 15) is 13.2 Å². The van der Waals surface area contributed by atoms with E-state index in [1.54, 1.807) is 24.3 Å². The summed E-state index contributed by atoms with van der Waals surface area (Å²) >= 11 is 0. The highest BCUT2D eigenvalue weighted by molar-refractivity contribution is 7.90. The zero-order valence-electron chi connectivity index (χ0n) is 14.8. The smallest absolute Gasteiger partial charge is 0.374 e. The summed E-state index contributed by atoms with van der Waals surface area (Å²) in [6, 6.07) is 6.48. The second-order valence-electron chi connectivity index (χ2n) is 6.54. The van der Waals surface area contributed by atoms with Crippen molar-refractivity contribution < 1.29 is 22.7 Å². The van der Waals surface area contributed by atoms with E-state index in [1.807, 2.05) is 27.7 Å². The Bertz CT molecular complexity index is 759. The summed E-state index contributed by atoms with van der Waals surface area (Å²) in [6.45, 7) is 7.58. The van der Waals surface area contributed by atoms with E-state index in [1.165, 1.54) is 0 Å². The highest BCUT2D eigenvalue weighted by Gasteiger charge is 2.45. The van der Waals surface area contributed by atoms with Crippen LogP contribution in [0.1, 0.15) is 46.1 Å². The highest BCUT2D eigenvalue weighted by Crippen LogP contribution is 2.43. The molecule has 1 aromatic carbocycles. The lowest BCUT2D eigenvalue weighted by molar-refractivity contribution is -0.149. The largest absolute Gasteiger partial charge is 0.484 e. The van der Waals surface area contributed by atoms with E-state index in [0.717, 1.165) is 18.2 Å². The third-order valence-corrected chi connectivity index (χ3v) is 5.04. The molecule has 1 unspecified atom stereocenters. The SMILES string of the molecule is CCCC1(C)OC(=O)C(OC(C)C)=C1c1ccc(S(C)(=O)=O)cc1. The number of ether oxygens (including phenoxy) is 2. The molecule has 6 heteroatoms. The molecule has 1 aliphatic rings. The monoisotopic (exact) mass is 352 g/mol. The Labute approximate surface area is 143 Å². The van der Waals surface area contributed by atoms with Gasteiger partial charge in [-0.3, -0.25) is 0 Å². The van der Waals surface area contributed by atoms with Gasteiger partial charge in [0.1, 0.15) is 5.60 Å². The van der Waals surface area contributed by atoms with Crippen molar-refractivity contribution in [1.82, 2.24) is 0 Å². The molecule has 0 aliphatic carbocycles. The van der Waals surface area contributed by atoms with Crippen LogP contribution in [0.4, 0.5) is 0 Å². The molecule has 0 bridgehead atoms. The van der Waals surface area contributed by atoms with Crippen LogP contribution in [0.5, 0.6) is 0 Å². The summed E-state index contributed by atoms with van der Waals surface area (Å²) in [5, 5.41) is 0. The van der Waals surface area contributed by atoms with Gasteiger partial charge in [0, 0.05) is 6.26 Å². The molecule has 0 aromatic heterocycles. The molecule has 0 fully saturated rings. The maximum absolute atomic E-state index is 12.3. The van der Waals surface area contributed by atoms with Gasteiger partial charge in [-0.1, -0.05) is 25.5 Å². The van der Waals surface area contributed by atoms with Gasteiger partial charge in [0.25, 0.3) is 0 Å². The summed E-state index contributed by atoms with van der Waals surface area (Å²) in [7, 11) is -3.27.